The fourth-order valence-electron chi connectivity index (χ4n) is 7.25. The number of carbonyl (C=O) groups excluding carboxylic acids is 2. The van der Waals surface area contributed by atoms with E-state index in [9.17, 15) is 9.59 Å². The quantitative estimate of drug-likeness (QED) is 0.373. The standard InChI is InChI=1S/C28H24N4O4/c1-28-25(35-3)15(29-2)12-18(36-28)31-16-10-6-4-8-13(16)19-21-22(27(34)30-26(21)33)20-14-9-5-7-11-17(14)32(28)24(20)23(19)31/h4-11,15,18,25,29H,12H2,1-3H3,(H,30,33,34)/t15-,18+,25-,28+/m1/s1. The highest BCUT2D eigenvalue weighted by Crippen LogP contribution is 2.53. The van der Waals surface area contributed by atoms with Crippen LogP contribution in [0.1, 0.15) is 40.3 Å². The highest BCUT2D eigenvalue weighted by Gasteiger charge is 2.53. The van der Waals surface area contributed by atoms with Crippen molar-refractivity contribution in [2.24, 2.45) is 0 Å². The lowest BCUT2D eigenvalue weighted by Gasteiger charge is -2.48. The van der Waals surface area contributed by atoms with Crippen molar-refractivity contribution >= 4 is 55.4 Å². The Hall–Kier alpha value is -3.72. The second kappa shape index (κ2) is 6.53. The third-order valence-electron chi connectivity index (χ3n) is 8.52. The van der Waals surface area contributed by atoms with Crippen LogP contribution in [0.25, 0.3) is 43.6 Å². The van der Waals surface area contributed by atoms with Gasteiger partial charge in [-0.15, -0.1) is 0 Å². The molecule has 8 heteroatoms. The van der Waals surface area contributed by atoms with Gasteiger partial charge in [0.25, 0.3) is 11.8 Å². The molecule has 5 heterocycles. The van der Waals surface area contributed by atoms with Crippen molar-refractivity contribution in [2.45, 2.75) is 37.4 Å². The summed E-state index contributed by atoms with van der Waals surface area (Å²) in [6.45, 7) is 2.07. The lowest BCUT2D eigenvalue weighted by Crippen LogP contribution is -2.59. The maximum absolute atomic E-state index is 13.3. The molecule has 0 unspecified atom stereocenters. The monoisotopic (exact) mass is 480 g/mol. The number of rotatable bonds is 2. The molecule has 2 aromatic heterocycles. The predicted molar refractivity (Wildman–Crippen MR) is 136 cm³/mol. The van der Waals surface area contributed by atoms with E-state index in [-0.39, 0.29) is 30.2 Å². The van der Waals surface area contributed by atoms with Crippen LogP contribution in [0.5, 0.6) is 0 Å². The van der Waals surface area contributed by atoms with E-state index in [4.69, 9.17) is 9.47 Å². The Morgan fingerprint density at radius 2 is 1.58 bits per heavy atom. The number of carbonyl (C=O) groups is 2. The minimum atomic E-state index is -0.882. The molecule has 36 heavy (non-hydrogen) atoms. The molecule has 0 aliphatic carbocycles. The third kappa shape index (κ3) is 2.10. The van der Waals surface area contributed by atoms with Crippen LogP contribution in [0.2, 0.25) is 0 Å². The number of ether oxygens (including phenoxy) is 2. The number of fused-ring (bicyclic) bond motifs is 13. The number of imide groups is 1. The summed E-state index contributed by atoms with van der Waals surface area (Å²) in [5.41, 5.74) is 3.75. The fraction of sp³-hybridized carbons (Fsp3) is 0.286. The second-order valence-electron chi connectivity index (χ2n) is 10.1. The van der Waals surface area contributed by atoms with Crippen LogP contribution in [-0.4, -0.2) is 47.3 Å². The first kappa shape index (κ1) is 20.5. The SMILES string of the molecule is CN[C@@H]1C[C@@H]2O[C@@](C)([C@@H]1OC)n1c3ccccc3c3c4c(c5c6ccccc6n2c5c31)C(=O)NC4=O. The molecule has 2 amide bonds. The summed E-state index contributed by atoms with van der Waals surface area (Å²) in [6, 6.07) is 16.1. The van der Waals surface area contributed by atoms with Crippen molar-refractivity contribution in [2.75, 3.05) is 14.2 Å². The Labute approximate surface area is 205 Å². The van der Waals surface area contributed by atoms with Gasteiger partial charge in [-0.05, 0) is 26.1 Å². The van der Waals surface area contributed by atoms with Crippen molar-refractivity contribution < 1.29 is 19.1 Å². The summed E-state index contributed by atoms with van der Waals surface area (Å²) in [5.74, 6) is -0.704. The number of nitrogens with zero attached hydrogens (tertiary/aromatic N) is 2. The largest absolute Gasteiger partial charge is 0.375 e. The topological polar surface area (TPSA) is 86.5 Å². The molecule has 5 aromatic rings. The van der Waals surface area contributed by atoms with Crippen LogP contribution < -0.4 is 10.6 Å². The summed E-state index contributed by atoms with van der Waals surface area (Å²) in [5, 5.41) is 9.49. The molecule has 8 rings (SSSR count). The molecular formula is C28H24N4O4. The van der Waals surface area contributed by atoms with Gasteiger partial charge in [-0.1, -0.05) is 36.4 Å². The zero-order valence-electron chi connectivity index (χ0n) is 20.1. The molecule has 2 N–H and O–H groups in total. The predicted octanol–water partition coefficient (Wildman–Crippen LogP) is 3.99. The Bertz CT molecular complexity index is 1830. The summed E-state index contributed by atoms with van der Waals surface area (Å²) < 4.78 is 17.6. The van der Waals surface area contributed by atoms with E-state index in [2.05, 4.69) is 38.8 Å². The lowest BCUT2D eigenvalue weighted by molar-refractivity contribution is -0.256. The van der Waals surface area contributed by atoms with Crippen LogP contribution in [0.3, 0.4) is 0 Å². The van der Waals surface area contributed by atoms with Crippen molar-refractivity contribution in [1.29, 1.82) is 0 Å². The summed E-state index contributed by atoms with van der Waals surface area (Å²) in [7, 11) is 3.67. The van der Waals surface area contributed by atoms with Gasteiger partial charge in [0.2, 0.25) is 0 Å². The van der Waals surface area contributed by atoms with Gasteiger partial charge >= 0.3 is 0 Å². The average Bonchev–Trinajstić information content (AvgIpc) is 3.48. The van der Waals surface area contributed by atoms with Gasteiger partial charge in [0, 0.05) is 41.1 Å². The number of benzene rings is 3. The zero-order valence-corrected chi connectivity index (χ0v) is 20.1. The molecular weight excluding hydrogens is 456 g/mol. The Morgan fingerprint density at radius 1 is 0.972 bits per heavy atom. The van der Waals surface area contributed by atoms with Gasteiger partial charge in [-0.2, -0.15) is 0 Å². The zero-order chi connectivity index (χ0) is 24.5. The van der Waals surface area contributed by atoms with Crippen LogP contribution in [0.15, 0.2) is 48.5 Å². The molecule has 3 aliphatic rings. The first-order chi connectivity index (χ1) is 17.5. The number of hydrogen-bond donors (Lipinski definition) is 2. The molecule has 2 bridgehead atoms. The molecule has 8 nitrogen and oxygen atoms in total. The minimum Gasteiger partial charge on any atom is -0.375 e. The highest BCUT2D eigenvalue weighted by molar-refractivity contribution is 6.39. The van der Waals surface area contributed by atoms with E-state index in [1.807, 2.05) is 43.4 Å². The molecule has 4 atom stereocenters. The van der Waals surface area contributed by atoms with E-state index in [1.165, 1.54) is 0 Å². The summed E-state index contributed by atoms with van der Waals surface area (Å²) in [4.78, 5) is 26.7. The Balaban J connectivity index is 1.74. The van der Waals surface area contributed by atoms with Gasteiger partial charge in [0.05, 0.1) is 33.2 Å². The number of hydrogen-bond acceptors (Lipinski definition) is 5. The molecule has 0 radical (unpaired) electrons. The van der Waals surface area contributed by atoms with Gasteiger partial charge < -0.3 is 23.9 Å². The van der Waals surface area contributed by atoms with Crippen LogP contribution in [0.4, 0.5) is 0 Å². The number of likely N-dealkylation sites (N-methyl/N-ethyl adjacent to an activating group) is 1. The maximum Gasteiger partial charge on any atom is 0.259 e. The molecule has 1 saturated heterocycles. The summed E-state index contributed by atoms with van der Waals surface area (Å²) >= 11 is 0. The molecule has 180 valence electrons. The van der Waals surface area contributed by atoms with E-state index in [0.717, 1.165) is 43.6 Å². The van der Waals surface area contributed by atoms with Gasteiger partial charge in [-0.25, -0.2) is 0 Å². The first-order valence-corrected chi connectivity index (χ1v) is 12.3. The maximum atomic E-state index is 13.3. The second-order valence-corrected chi connectivity index (χ2v) is 10.1. The van der Waals surface area contributed by atoms with Crippen molar-refractivity contribution in [3.8, 4) is 0 Å². The number of nitrogens with one attached hydrogen (secondary N) is 2. The van der Waals surface area contributed by atoms with E-state index >= 15 is 0 Å². The highest BCUT2D eigenvalue weighted by atomic mass is 16.6. The number of amides is 2. The molecule has 3 aliphatic heterocycles. The van der Waals surface area contributed by atoms with E-state index in [0.29, 0.717) is 17.5 Å². The molecule has 0 spiro atoms. The summed E-state index contributed by atoms with van der Waals surface area (Å²) in [6.07, 6.45) is 0.0823. The van der Waals surface area contributed by atoms with Crippen molar-refractivity contribution in [3.05, 3.63) is 59.7 Å². The average molecular weight is 481 g/mol. The van der Waals surface area contributed by atoms with Crippen LogP contribution >= 0.6 is 0 Å². The van der Waals surface area contributed by atoms with Crippen molar-refractivity contribution in [1.82, 2.24) is 19.8 Å². The third-order valence-corrected chi connectivity index (χ3v) is 8.52. The smallest absolute Gasteiger partial charge is 0.259 e. The fourth-order valence-corrected chi connectivity index (χ4v) is 7.25. The molecule has 0 saturated carbocycles. The first-order valence-electron chi connectivity index (χ1n) is 12.3. The van der Waals surface area contributed by atoms with Gasteiger partial charge in [0.15, 0.2) is 5.72 Å². The Kier molecular flexibility index (Phi) is 3.71. The van der Waals surface area contributed by atoms with Gasteiger partial charge in [-0.3, -0.25) is 14.9 Å². The number of methoxy groups -OCH3 is 1. The van der Waals surface area contributed by atoms with Gasteiger partial charge in [0.1, 0.15) is 12.3 Å². The van der Waals surface area contributed by atoms with E-state index in [1.54, 1.807) is 7.11 Å². The normalized spacial score (nSPS) is 26.9. The molecule has 3 aromatic carbocycles. The Morgan fingerprint density at radius 3 is 2.25 bits per heavy atom. The lowest BCUT2D eigenvalue weighted by atomic mass is 9.93. The minimum absolute atomic E-state index is 0.0114. The van der Waals surface area contributed by atoms with Crippen LogP contribution in [0, 0.1) is 0 Å². The molecule has 1 fully saturated rings. The number of aromatic nitrogens is 2. The van der Waals surface area contributed by atoms with E-state index < -0.39 is 5.72 Å². The van der Waals surface area contributed by atoms with Crippen LogP contribution in [-0.2, 0) is 15.2 Å². The number of para-hydroxylation sites is 2. The van der Waals surface area contributed by atoms with Crippen molar-refractivity contribution in [3.63, 3.8) is 0 Å².